The lowest BCUT2D eigenvalue weighted by Gasteiger charge is -2.31. The Kier molecular flexibility index (Phi) is 5.16. The van der Waals surface area contributed by atoms with Gasteiger partial charge >= 0.3 is 6.09 Å². The fourth-order valence-electron chi connectivity index (χ4n) is 4.17. The maximum Gasteiger partial charge on any atom is 0.410 e. The Morgan fingerprint density at radius 2 is 1.97 bits per heavy atom. The van der Waals surface area contributed by atoms with Gasteiger partial charge in [0.1, 0.15) is 5.60 Å². The largest absolute Gasteiger partial charge is 0.444 e. The summed E-state index contributed by atoms with van der Waals surface area (Å²) >= 11 is 3.57. The second-order valence-electron chi connectivity index (χ2n) is 8.97. The van der Waals surface area contributed by atoms with Crippen LogP contribution in [0, 0.1) is 0 Å². The molecular formula is C22H27BrN4O3. The first-order valence-corrected chi connectivity index (χ1v) is 11.0. The van der Waals surface area contributed by atoms with Crippen molar-refractivity contribution in [2.75, 3.05) is 13.6 Å². The van der Waals surface area contributed by atoms with E-state index in [2.05, 4.69) is 38.5 Å². The predicted molar refractivity (Wildman–Crippen MR) is 116 cm³/mol. The zero-order valence-electron chi connectivity index (χ0n) is 17.8. The molecule has 0 spiro atoms. The summed E-state index contributed by atoms with van der Waals surface area (Å²) in [4.78, 5) is 27.1. The Balaban J connectivity index is 1.77. The lowest BCUT2D eigenvalue weighted by atomic mass is 9.85. The van der Waals surface area contributed by atoms with E-state index in [-0.39, 0.29) is 17.4 Å². The van der Waals surface area contributed by atoms with Crippen LogP contribution in [0.3, 0.4) is 0 Å². The highest BCUT2D eigenvalue weighted by Crippen LogP contribution is 2.56. The van der Waals surface area contributed by atoms with E-state index in [1.807, 2.05) is 37.6 Å². The molecule has 0 atom stereocenters. The quantitative estimate of drug-likeness (QED) is 0.732. The Bertz CT molecular complexity index is 1000. The molecule has 1 aromatic heterocycles. The van der Waals surface area contributed by atoms with Crippen molar-refractivity contribution in [2.45, 2.75) is 57.7 Å². The molecule has 0 radical (unpaired) electrons. The monoisotopic (exact) mass is 474 g/mol. The number of benzene rings is 1. The van der Waals surface area contributed by atoms with Crippen molar-refractivity contribution in [1.82, 2.24) is 20.0 Å². The van der Waals surface area contributed by atoms with E-state index < -0.39 is 5.60 Å². The molecule has 1 fully saturated rings. The van der Waals surface area contributed by atoms with Gasteiger partial charge in [-0.15, -0.1) is 0 Å². The third-order valence-corrected chi connectivity index (χ3v) is 6.17. The summed E-state index contributed by atoms with van der Waals surface area (Å²) in [5.74, 6) is -0.197. The number of fused-ring (bicyclic) bond motifs is 1. The third-order valence-electron chi connectivity index (χ3n) is 5.68. The third kappa shape index (κ3) is 3.73. The minimum Gasteiger partial charge on any atom is -0.444 e. The molecule has 2 aromatic rings. The molecule has 1 saturated carbocycles. The van der Waals surface area contributed by atoms with Gasteiger partial charge in [0, 0.05) is 29.0 Å². The number of carbonyl (C=O) groups is 2. The van der Waals surface area contributed by atoms with Gasteiger partial charge in [-0.25, -0.2) is 4.79 Å². The molecule has 0 bridgehead atoms. The zero-order valence-corrected chi connectivity index (χ0v) is 19.4. The van der Waals surface area contributed by atoms with Gasteiger partial charge in [-0.3, -0.25) is 9.48 Å². The molecule has 1 aromatic carbocycles. The van der Waals surface area contributed by atoms with Crippen LogP contribution in [0.15, 0.2) is 28.7 Å². The highest BCUT2D eigenvalue weighted by molar-refractivity contribution is 9.10. The molecule has 1 aliphatic carbocycles. The fourth-order valence-corrected chi connectivity index (χ4v) is 4.57. The van der Waals surface area contributed by atoms with Gasteiger partial charge in [0.2, 0.25) is 0 Å². The second kappa shape index (κ2) is 7.41. The number of nitrogens with zero attached hydrogens (tertiary/aromatic N) is 3. The maximum absolute atomic E-state index is 12.7. The van der Waals surface area contributed by atoms with Crippen molar-refractivity contribution >= 4 is 27.9 Å². The van der Waals surface area contributed by atoms with Gasteiger partial charge in [0.25, 0.3) is 5.91 Å². The topological polar surface area (TPSA) is 76.5 Å². The van der Waals surface area contributed by atoms with Crippen molar-refractivity contribution in [3.05, 3.63) is 51.3 Å². The zero-order chi connectivity index (χ0) is 21.7. The molecular weight excluding hydrogens is 448 g/mol. The molecule has 1 aliphatic heterocycles. The Hall–Kier alpha value is -2.35. The van der Waals surface area contributed by atoms with Crippen LogP contribution in [0.4, 0.5) is 4.79 Å². The Morgan fingerprint density at radius 1 is 1.23 bits per heavy atom. The average molecular weight is 475 g/mol. The van der Waals surface area contributed by atoms with Crippen LogP contribution in [0.2, 0.25) is 0 Å². The second-order valence-corrected chi connectivity index (χ2v) is 9.88. The molecule has 30 heavy (non-hydrogen) atoms. The standard InChI is InChI=1S/C22H27BrN4O3/c1-21(2,3)30-20(29)26-10-11-27-16(13-26)17(18(25-27)19(28)24-4)22(8-9-22)14-6-5-7-15(23)12-14/h5-7,12H,8-11,13H2,1-4H3,(H,24,28). The molecule has 0 saturated heterocycles. The number of amides is 2. The van der Waals surface area contributed by atoms with Crippen LogP contribution in [-0.4, -0.2) is 45.9 Å². The van der Waals surface area contributed by atoms with Crippen molar-refractivity contribution in [2.24, 2.45) is 0 Å². The van der Waals surface area contributed by atoms with Crippen LogP contribution in [0.1, 0.15) is 60.9 Å². The number of hydrogen-bond donors (Lipinski definition) is 1. The smallest absolute Gasteiger partial charge is 0.410 e. The van der Waals surface area contributed by atoms with Crippen molar-refractivity contribution in [3.63, 3.8) is 0 Å². The number of nitrogens with one attached hydrogen (secondary N) is 1. The molecule has 160 valence electrons. The molecule has 2 heterocycles. The molecule has 8 heteroatoms. The molecule has 7 nitrogen and oxygen atoms in total. The van der Waals surface area contributed by atoms with E-state index >= 15 is 0 Å². The van der Waals surface area contributed by atoms with Gasteiger partial charge < -0.3 is 15.0 Å². The van der Waals surface area contributed by atoms with Crippen molar-refractivity contribution in [1.29, 1.82) is 0 Å². The first kappa shape index (κ1) is 20.9. The van der Waals surface area contributed by atoms with Crippen LogP contribution in [-0.2, 0) is 23.2 Å². The van der Waals surface area contributed by atoms with E-state index in [0.29, 0.717) is 25.3 Å². The first-order chi connectivity index (χ1) is 14.1. The first-order valence-electron chi connectivity index (χ1n) is 10.2. The van der Waals surface area contributed by atoms with Gasteiger partial charge in [-0.1, -0.05) is 28.1 Å². The average Bonchev–Trinajstić information content (AvgIpc) is 3.39. The minimum atomic E-state index is -0.557. The SMILES string of the molecule is CNC(=O)c1nn2c(c1C1(c3cccc(Br)c3)CC1)CN(C(=O)OC(C)(C)C)CC2. The van der Waals surface area contributed by atoms with E-state index in [9.17, 15) is 9.59 Å². The number of halogens is 1. The molecule has 4 rings (SSSR count). The summed E-state index contributed by atoms with van der Waals surface area (Å²) in [5.41, 5.74) is 2.66. The van der Waals surface area contributed by atoms with E-state index in [1.165, 1.54) is 0 Å². The summed E-state index contributed by atoms with van der Waals surface area (Å²) in [6.45, 7) is 7.00. The predicted octanol–water partition coefficient (Wildman–Crippen LogP) is 3.84. The number of aromatic nitrogens is 2. The highest BCUT2D eigenvalue weighted by atomic mass is 79.9. The van der Waals surface area contributed by atoms with Gasteiger partial charge in [-0.05, 0) is 51.3 Å². The van der Waals surface area contributed by atoms with E-state index in [0.717, 1.165) is 34.1 Å². The number of ether oxygens (including phenoxy) is 1. The molecule has 0 unspecified atom stereocenters. The summed E-state index contributed by atoms with van der Waals surface area (Å²) in [7, 11) is 1.62. The Labute approximate surface area is 184 Å². The number of rotatable bonds is 3. The maximum atomic E-state index is 12.7. The summed E-state index contributed by atoms with van der Waals surface area (Å²) in [5, 5.41) is 7.39. The van der Waals surface area contributed by atoms with Gasteiger partial charge in [-0.2, -0.15) is 5.10 Å². The van der Waals surface area contributed by atoms with Crippen LogP contribution < -0.4 is 5.32 Å². The summed E-state index contributed by atoms with van der Waals surface area (Å²) < 4.78 is 8.47. The van der Waals surface area contributed by atoms with E-state index in [1.54, 1.807) is 11.9 Å². The highest BCUT2D eigenvalue weighted by Gasteiger charge is 2.51. The van der Waals surface area contributed by atoms with Gasteiger partial charge in [0.15, 0.2) is 5.69 Å². The lowest BCUT2D eigenvalue weighted by molar-refractivity contribution is 0.0193. The molecule has 1 N–H and O–H groups in total. The number of carbonyl (C=O) groups excluding carboxylic acids is 2. The van der Waals surface area contributed by atoms with Crippen LogP contribution in [0.5, 0.6) is 0 Å². The lowest BCUT2D eigenvalue weighted by Crippen LogP contribution is -2.42. The summed E-state index contributed by atoms with van der Waals surface area (Å²) in [6.07, 6.45) is 1.55. The normalized spacial score (nSPS) is 17.3. The number of hydrogen-bond acceptors (Lipinski definition) is 4. The van der Waals surface area contributed by atoms with Gasteiger partial charge in [0.05, 0.1) is 18.8 Å². The molecule has 2 aliphatic rings. The van der Waals surface area contributed by atoms with E-state index in [4.69, 9.17) is 4.74 Å². The minimum absolute atomic E-state index is 0.197. The molecule has 2 amide bonds. The van der Waals surface area contributed by atoms with Crippen molar-refractivity contribution in [3.8, 4) is 0 Å². The van der Waals surface area contributed by atoms with Crippen molar-refractivity contribution < 1.29 is 14.3 Å². The van der Waals surface area contributed by atoms with Crippen LogP contribution in [0.25, 0.3) is 0 Å². The Morgan fingerprint density at radius 3 is 2.57 bits per heavy atom. The fraction of sp³-hybridized carbons (Fsp3) is 0.500. The summed E-state index contributed by atoms with van der Waals surface area (Å²) in [6, 6.07) is 8.22. The van der Waals surface area contributed by atoms with Crippen LogP contribution >= 0.6 is 15.9 Å².